The maximum Gasteiger partial charge on any atom is 0.180 e. The SMILES string of the molecule is COC1CCN(Cc2csc(N)n2)CC1. The number of nitrogens with two attached hydrogens (primary N) is 1. The predicted molar refractivity (Wildman–Crippen MR) is 61.8 cm³/mol. The summed E-state index contributed by atoms with van der Waals surface area (Å²) < 4.78 is 5.33. The van der Waals surface area contributed by atoms with Gasteiger partial charge in [0, 0.05) is 32.1 Å². The minimum Gasteiger partial charge on any atom is -0.381 e. The molecule has 1 aliphatic heterocycles. The zero-order valence-electron chi connectivity index (χ0n) is 8.98. The van der Waals surface area contributed by atoms with Crippen LogP contribution < -0.4 is 5.73 Å². The fraction of sp³-hybridized carbons (Fsp3) is 0.700. The summed E-state index contributed by atoms with van der Waals surface area (Å²) in [5, 5.41) is 2.70. The van der Waals surface area contributed by atoms with Crippen molar-refractivity contribution in [1.29, 1.82) is 0 Å². The summed E-state index contributed by atoms with van der Waals surface area (Å²) in [6, 6.07) is 0. The van der Waals surface area contributed by atoms with E-state index in [0.717, 1.165) is 38.2 Å². The molecule has 15 heavy (non-hydrogen) atoms. The van der Waals surface area contributed by atoms with Gasteiger partial charge in [0.15, 0.2) is 5.13 Å². The van der Waals surface area contributed by atoms with Crippen molar-refractivity contribution in [2.75, 3.05) is 25.9 Å². The molecule has 1 fully saturated rings. The Morgan fingerprint density at radius 3 is 2.87 bits per heavy atom. The minimum atomic E-state index is 0.446. The lowest BCUT2D eigenvalue weighted by Crippen LogP contribution is -2.36. The number of hydrogen-bond acceptors (Lipinski definition) is 5. The van der Waals surface area contributed by atoms with E-state index in [1.165, 1.54) is 11.3 Å². The Balaban J connectivity index is 1.82. The molecule has 0 amide bonds. The lowest BCUT2D eigenvalue weighted by atomic mass is 10.1. The van der Waals surface area contributed by atoms with E-state index in [9.17, 15) is 0 Å². The van der Waals surface area contributed by atoms with Gasteiger partial charge in [0.05, 0.1) is 11.8 Å². The van der Waals surface area contributed by atoms with Gasteiger partial charge in [0.25, 0.3) is 0 Å². The van der Waals surface area contributed by atoms with E-state index in [4.69, 9.17) is 10.5 Å². The third-order valence-corrected chi connectivity index (χ3v) is 3.55. The number of methoxy groups -OCH3 is 1. The molecule has 0 bridgehead atoms. The molecule has 0 aliphatic carbocycles. The molecule has 2 N–H and O–H groups in total. The first kappa shape index (κ1) is 10.9. The van der Waals surface area contributed by atoms with Gasteiger partial charge in [-0.25, -0.2) is 4.98 Å². The average molecular weight is 227 g/mol. The van der Waals surface area contributed by atoms with Crippen LogP contribution >= 0.6 is 11.3 Å². The van der Waals surface area contributed by atoms with Crippen LogP contribution in [0.1, 0.15) is 18.5 Å². The maximum atomic E-state index is 5.60. The van der Waals surface area contributed by atoms with Crippen LogP contribution in [-0.4, -0.2) is 36.2 Å². The van der Waals surface area contributed by atoms with E-state index in [1.54, 1.807) is 7.11 Å². The molecular formula is C10H17N3OS. The van der Waals surface area contributed by atoms with Gasteiger partial charge in [0.2, 0.25) is 0 Å². The van der Waals surface area contributed by atoms with Gasteiger partial charge in [-0.3, -0.25) is 4.90 Å². The molecule has 2 rings (SSSR count). The van der Waals surface area contributed by atoms with Crippen LogP contribution in [0.4, 0.5) is 5.13 Å². The largest absolute Gasteiger partial charge is 0.381 e. The molecule has 0 spiro atoms. The summed E-state index contributed by atoms with van der Waals surface area (Å²) in [4.78, 5) is 6.67. The number of nitrogens with zero attached hydrogens (tertiary/aromatic N) is 2. The van der Waals surface area contributed by atoms with Crippen molar-refractivity contribution in [3.05, 3.63) is 11.1 Å². The summed E-state index contributed by atoms with van der Waals surface area (Å²) in [5.74, 6) is 0. The lowest BCUT2D eigenvalue weighted by Gasteiger charge is -2.30. The van der Waals surface area contributed by atoms with Crippen molar-refractivity contribution in [2.45, 2.75) is 25.5 Å². The third-order valence-electron chi connectivity index (χ3n) is 2.82. The van der Waals surface area contributed by atoms with Crippen molar-refractivity contribution in [3.63, 3.8) is 0 Å². The van der Waals surface area contributed by atoms with Crippen LogP contribution in [0.15, 0.2) is 5.38 Å². The number of likely N-dealkylation sites (tertiary alicyclic amines) is 1. The molecule has 2 heterocycles. The minimum absolute atomic E-state index is 0.446. The standard InChI is InChI=1S/C10H17N3OS/c1-14-9-2-4-13(5-3-9)6-8-7-15-10(11)12-8/h7,9H,2-6H2,1H3,(H2,11,12). The quantitative estimate of drug-likeness (QED) is 0.846. The molecule has 0 unspecified atom stereocenters. The number of rotatable bonds is 3. The number of piperidine rings is 1. The Morgan fingerprint density at radius 2 is 2.33 bits per heavy atom. The normalized spacial score (nSPS) is 19.5. The number of anilines is 1. The number of hydrogen-bond donors (Lipinski definition) is 1. The Hall–Kier alpha value is -0.650. The summed E-state index contributed by atoms with van der Waals surface area (Å²) in [6.45, 7) is 3.11. The average Bonchev–Trinajstić information content (AvgIpc) is 2.65. The molecule has 0 atom stereocenters. The molecule has 1 aliphatic rings. The smallest absolute Gasteiger partial charge is 0.180 e. The Bertz CT molecular complexity index is 307. The van der Waals surface area contributed by atoms with Gasteiger partial charge in [-0.15, -0.1) is 11.3 Å². The Morgan fingerprint density at radius 1 is 1.60 bits per heavy atom. The first-order valence-corrected chi connectivity index (χ1v) is 6.11. The van der Waals surface area contributed by atoms with Crippen molar-refractivity contribution in [1.82, 2.24) is 9.88 Å². The fourth-order valence-electron chi connectivity index (χ4n) is 1.93. The van der Waals surface area contributed by atoms with Crippen molar-refractivity contribution >= 4 is 16.5 Å². The second-order valence-electron chi connectivity index (χ2n) is 3.89. The number of nitrogen functional groups attached to an aromatic ring is 1. The highest BCUT2D eigenvalue weighted by Gasteiger charge is 2.19. The highest BCUT2D eigenvalue weighted by molar-refractivity contribution is 7.13. The van der Waals surface area contributed by atoms with Gasteiger partial charge in [0.1, 0.15) is 0 Å². The molecule has 0 aromatic carbocycles. The van der Waals surface area contributed by atoms with Crippen LogP contribution in [0.3, 0.4) is 0 Å². The monoisotopic (exact) mass is 227 g/mol. The van der Waals surface area contributed by atoms with Crippen LogP contribution in [0, 0.1) is 0 Å². The molecular weight excluding hydrogens is 210 g/mol. The van der Waals surface area contributed by atoms with Crippen molar-refractivity contribution in [3.8, 4) is 0 Å². The van der Waals surface area contributed by atoms with Crippen LogP contribution in [0.25, 0.3) is 0 Å². The second-order valence-corrected chi connectivity index (χ2v) is 4.78. The summed E-state index contributed by atoms with van der Waals surface area (Å²) >= 11 is 1.51. The van der Waals surface area contributed by atoms with E-state index < -0.39 is 0 Å². The molecule has 1 saturated heterocycles. The molecule has 0 saturated carbocycles. The Kier molecular flexibility index (Phi) is 3.56. The van der Waals surface area contributed by atoms with Gasteiger partial charge in [-0.2, -0.15) is 0 Å². The summed E-state index contributed by atoms with van der Waals surface area (Å²) in [7, 11) is 1.79. The molecule has 4 nitrogen and oxygen atoms in total. The fourth-order valence-corrected chi connectivity index (χ4v) is 2.48. The van der Waals surface area contributed by atoms with E-state index in [-0.39, 0.29) is 0 Å². The lowest BCUT2D eigenvalue weighted by molar-refractivity contribution is 0.0386. The van der Waals surface area contributed by atoms with E-state index >= 15 is 0 Å². The maximum absolute atomic E-state index is 5.60. The predicted octanol–water partition coefficient (Wildman–Crippen LogP) is 1.34. The van der Waals surface area contributed by atoms with E-state index in [2.05, 4.69) is 9.88 Å². The van der Waals surface area contributed by atoms with Crippen LogP contribution in [0.5, 0.6) is 0 Å². The first-order chi connectivity index (χ1) is 7.28. The van der Waals surface area contributed by atoms with Gasteiger partial charge < -0.3 is 10.5 Å². The van der Waals surface area contributed by atoms with Crippen molar-refractivity contribution in [2.24, 2.45) is 0 Å². The summed E-state index contributed by atoms with van der Waals surface area (Å²) in [6.07, 6.45) is 2.69. The molecule has 5 heteroatoms. The van der Waals surface area contributed by atoms with Gasteiger partial charge >= 0.3 is 0 Å². The van der Waals surface area contributed by atoms with E-state index in [1.807, 2.05) is 5.38 Å². The zero-order valence-corrected chi connectivity index (χ0v) is 9.80. The highest BCUT2D eigenvalue weighted by Crippen LogP contribution is 2.17. The molecule has 84 valence electrons. The zero-order chi connectivity index (χ0) is 10.7. The topological polar surface area (TPSA) is 51.4 Å². The first-order valence-electron chi connectivity index (χ1n) is 5.23. The second kappa shape index (κ2) is 4.92. The van der Waals surface area contributed by atoms with Gasteiger partial charge in [-0.05, 0) is 12.8 Å². The molecule has 1 aromatic heterocycles. The summed E-state index contributed by atoms with van der Waals surface area (Å²) in [5.41, 5.74) is 6.69. The Labute approximate surface area is 94.1 Å². The number of ether oxygens (including phenoxy) is 1. The number of thiazole rings is 1. The van der Waals surface area contributed by atoms with Crippen molar-refractivity contribution < 1.29 is 4.74 Å². The number of aromatic nitrogens is 1. The van der Waals surface area contributed by atoms with Crippen LogP contribution in [0.2, 0.25) is 0 Å². The van der Waals surface area contributed by atoms with E-state index in [0.29, 0.717) is 11.2 Å². The highest BCUT2D eigenvalue weighted by atomic mass is 32.1. The molecule has 1 aromatic rings. The van der Waals surface area contributed by atoms with Gasteiger partial charge in [-0.1, -0.05) is 0 Å². The third kappa shape index (κ3) is 2.90. The van der Waals surface area contributed by atoms with Crippen LogP contribution in [-0.2, 0) is 11.3 Å². The molecule has 0 radical (unpaired) electrons.